The smallest absolute Gasteiger partial charge is 0.407 e. The number of fused-ring (bicyclic) bond motifs is 3. The van der Waals surface area contributed by atoms with Crippen LogP contribution in [0.2, 0.25) is 0 Å². The fraction of sp³-hybridized carbons (Fsp3) is 0.423. The molecule has 0 aromatic heterocycles. The number of carbonyl (C=O) groups is 3. The summed E-state index contributed by atoms with van der Waals surface area (Å²) in [4.78, 5) is 35.7. The molecule has 0 saturated heterocycles. The minimum Gasteiger partial charge on any atom is -0.481 e. The quantitative estimate of drug-likeness (QED) is 0.467. The Labute approximate surface area is 194 Å². The highest BCUT2D eigenvalue weighted by Crippen LogP contribution is 2.44. The Morgan fingerprint density at radius 1 is 0.970 bits per heavy atom. The second-order valence-electron chi connectivity index (χ2n) is 8.58. The third kappa shape index (κ3) is 6.57. The van der Waals surface area contributed by atoms with Crippen LogP contribution >= 0.6 is 0 Å². The van der Waals surface area contributed by atoms with E-state index in [0.29, 0.717) is 6.42 Å². The van der Waals surface area contributed by atoms with Gasteiger partial charge in [0.25, 0.3) is 0 Å². The van der Waals surface area contributed by atoms with Crippen LogP contribution in [-0.2, 0) is 14.3 Å². The predicted molar refractivity (Wildman–Crippen MR) is 126 cm³/mol. The van der Waals surface area contributed by atoms with Crippen LogP contribution in [0.25, 0.3) is 11.1 Å². The number of alkyl carbamates (subject to hydrolysis) is 1. The lowest BCUT2D eigenvalue weighted by molar-refractivity contribution is -0.137. The molecular formula is C26H32N2O5. The zero-order valence-corrected chi connectivity index (χ0v) is 19.2. The second-order valence-corrected chi connectivity index (χ2v) is 8.58. The molecule has 1 aliphatic carbocycles. The van der Waals surface area contributed by atoms with Crippen LogP contribution in [0.5, 0.6) is 0 Å². The van der Waals surface area contributed by atoms with Gasteiger partial charge in [0.2, 0.25) is 5.91 Å². The molecule has 0 unspecified atom stereocenters. The number of nitrogens with one attached hydrogen (secondary N) is 2. The summed E-state index contributed by atoms with van der Waals surface area (Å²) in [5.41, 5.74) is 4.60. The molecule has 1 aliphatic rings. The number of aliphatic carboxylic acids is 1. The summed E-state index contributed by atoms with van der Waals surface area (Å²) in [6.45, 7) is 3.90. The maximum Gasteiger partial charge on any atom is 0.407 e. The lowest BCUT2D eigenvalue weighted by atomic mass is 9.98. The van der Waals surface area contributed by atoms with E-state index in [-0.39, 0.29) is 37.3 Å². The summed E-state index contributed by atoms with van der Waals surface area (Å²) in [5, 5.41) is 14.4. The summed E-state index contributed by atoms with van der Waals surface area (Å²) in [5.74, 6) is -1.29. The summed E-state index contributed by atoms with van der Waals surface area (Å²) >= 11 is 0. The molecule has 0 radical (unpaired) electrons. The van der Waals surface area contributed by atoms with Crippen molar-refractivity contribution in [1.29, 1.82) is 0 Å². The number of rotatable bonds is 11. The zero-order valence-electron chi connectivity index (χ0n) is 19.2. The van der Waals surface area contributed by atoms with Crippen molar-refractivity contribution in [1.82, 2.24) is 10.6 Å². The minimum atomic E-state index is -0.970. The molecule has 2 aromatic carbocycles. The van der Waals surface area contributed by atoms with Crippen molar-refractivity contribution in [3.05, 3.63) is 59.7 Å². The second kappa shape index (κ2) is 11.5. The van der Waals surface area contributed by atoms with Crippen LogP contribution in [0.3, 0.4) is 0 Å². The Morgan fingerprint density at radius 3 is 2.15 bits per heavy atom. The van der Waals surface area contributed by atoms with Gasteiger partial charge in [-0.1, -0.05) is 68.3 Å². The number of carbonyl (C=O) groups excluding carboxylic acids is 2. The first-order valence-electron chi connectivity index (χ1n) is 11.5. The average molecular weight is 453 g/mol. The summed E-state index contributed by atoms with van der Waals surface area (Å²) in [6, 6.07) is 15.4. The van der Waals surface area contributed by atoms with Gasteiger partial charge in [-0.25, -0.2) is 4.79 Å². The van der Waals surface area contributed by atoms with E-state index in [1.165, 1.54) is 0 Å². The molecule has 0 saturated carbocycles. The standard InChI is InChI=1S/C26H32N2O5/c1-3-4-9-18(15-24(29)27-17(2)14-25(30)31)28-26(32)33-16-23-21-12-7-5-10-19(21)20-11-6-8-13-22(20)23/h5-8,10-13,17-18,23H,3-4,9,14-16H2,1-2H3,(H,27,29)(H,28,32)(H,30,31)/t17-,18-/m0/s1. The third-order valence-corrected chi connectivity index (χ3v) is 5.89. The van der Waals surface area contributed by atoms with Crippen LogP contribution in [0.4, 0.5) is 4.79 Å². The highest BCUT2D eigenvalue weighted by atomic mass is 16.5. The first-order chi connectivity index (χ1) is 15.9. The van der Waals surface area contributed by atoms with Crippen molar-refractivity contribution in [3.63, 3.8) is 0 Å². The number of amides is 2. The van der Waals surface area contributed by atoms with Gasteiger partial charge < -0.3 is 20.5 Å². The molecule has 2 aromatic rings. The maximum atomic E-state index is 12.6. The maximum absolute atomic E-state index is 12.6. The lowest BCUT2D eigenvalue weighted by Crippen LogP contribution is -2.42. The number of benzene rings is 2. The van der Waals surface area contributed by atoms with Crippen molar-refractivity contribution in [2.45, 2.75) is 64.0 Å². The van der Waals surface area contributed by atoms with Crippen LogP contribution in [-0.4, -0.2) is 41.8 Å². The molecule has 0 spiro atoms. The first kappa shape index (κ1) is 24.3. The summed E-state index contributed by atoms with van der Waals surface area (Å²) in [7, 11) is 0. The molecule has 176 valence electrons. The van der Waals surface area contributed by atoms with Gasteiger partial charge in [-0.15, -0.1) is 0 Å². The van der Waals surface area contributed by atoms with Crippen LogP contribution < -0.4 is 10.6 Å². The number of hydrogen-bond acceptors (Lipinski definition) is 4. The van der Waals surface area contributed by atoms with Crippen molar-refractivity contribution in [2.24, 2.45) is 0 Å². The molecule has 7 heteroatoms. The Hall–Kier alpha value is -3.35. The molecule has 2 amide bonds. The fourth-order valence-corrected chi connectivity index (χ4v) is 4.35. The molecule has 0 aliphatic heterocycles. The summed E-state index contributed by atoms with van der Waals surface area (Å²) in [6.07, 6.45) is 1.80. The van der Waals surface area contributed by atoms with Gasteiger partial charge in [0.1, 0.15) is 6.61 Å². The third-order valence-electron chi connectivity index (χ3n) is 5.89. The Bertz CT molecular complexity index is 945. The molecule has 0 bridgehead atoms. The Morgan fingerprint density at radius 2 is 1.58 bits per heavy atom. The molecule has 3 N–H and O–H groups in total. The normalized spacial score (nSPS) is 14.0. The molecule has 0 fully saturated rings. The van der Waals surface area contributed by atoms with E-state index < -0.39 is 18.1 Å². The number of carboxylic acid groups (broad SMARTS) is 1. The van der Waals surface area contributed by atoms with E-state index in [4.69, 9.17) is 9.84 Å². The average Bonchev–Trinajstić information content (AvgIpc) is 3.09. The van der Waals surface area contributed by atoms with Crippen molar-refractivity contribution < 1.29 is 24.2 Å². The van der Waals surface area contributed by atoms with Gasteiger partial charge in [0.15, 0.2) is 0 Å². The van der Waals surface area contributed by atoms with Gasteiger partial charge in [-0.05, 0) is 35.6 Å². The van der Waals surface area contributed by atoms with E-state index in [1.807, 2.05) is 31.2 Å². The monoisotopic (exact) mass is 452 g/mol. The van der Waals surface area contributed by atoms with Crippen molar-refractivity contribution in [3.8, 4) is 11.1 Å². The molecular weight excluding hydrogens is 420 g/mol. The topological polar surface area (TPSA) is 105 Å². The van der Waals surface area contributed by atoms with E-state index >= 15 is 0 Å². The van der Waals surface area contributed by atoms with Gasteiger partial charge >= 0.3 is 12.1 Å². The highest BCUT2D eigenvalue weighted by molar-refractivity contribution is 5.80. The summed E-state index contributed by atoms with van der Waals surface area (Å²) < 4.78 is 5.61. The van der Waals surface area contributed by atoms with E-state index in [1.54, 1.807) is 6.92 Å². The largest absolute Gasteiger partial charge is 0.481 e. The molecule has 33 heavy (non-hydrogen) atoms. The lowest BCUT2D eigenvalue weighted by Gasteiger charge is -2.20. The minimum absolute atomic E-state index is 0.0302. The predicted octanol–water partition coefficient (Wildman–Crippen LogP) is 4.45. The highest BCUT2D eigenvalue weighted by Gasteiger charge is 2.29. The van der Waals surface area contributed by atoms with Gasteiger partial charge in [0, 0.05) is 24.4 Å². The van der Waals surface area contributed by atoms with Gasteiger partial charge in [0.05, 0.1) is 6.42 Å². The van der Waals surface area contributed by atoms with E-state index in [9.17, 15) is 14.4 Å². The fourth-order valence-electron chi connectivity index (χ4n) is 4.35. The van der Waals surface area contributed by atoms with Crippen LogP contribution in [0.1, 0.15) is 63.0 Å². The van der Waals surface area contributed by atoms with E-state index in [2.05, 4.69) is 34.9 Å². The van der Waals surface area contributed by atoms with Gasteiger partial charge in [-0.3, -0.25) is 9.59 Å². The Kier molecular flexibility index (Phi) is 8.46. The van der Waals surface area contributed by atoms with Crippen molar-refractivity contribution in [2.75, 3.05) is 6.61 Å². The molecule has 0 heterocycles. The van der Waals surface area contributed by atoms with Gasteiger partial charge in [-0.2, -0.15) is 0 Å². The molecule has 3 rings (SSSR count). The zero-order chi connectivity index (χ0) is 23.8. The number of ether oxygens (including phenoxy) is 1. The molecule has 7 nitrogen and oxygen atoms in total. The number of carboxylic acids is 1. The SMILES string of the molecule is CCCC[C@@H](CC(=O)N[C@@H](C)CC(=O)O)NC(=O)OCC1c2ccccc2-c2ccccc21. The number of hydrogen-bond donors (Lipinski definition) is 3. The number of unbranched alkanes of at least 4 members (excludes halogenated alkanes) is 1. The Balaban J connectivity index is 1.58. The molecule has 2 atom stereocenters. The van der Waals surface area contributed by atoms with Crippen molar-refractivity contribution >= 4 is 18.0 Å². The van der Waals surface area contributed by atoms with E-state index in [0.717, 1.165) is 35.1 Å². The van der Waals surface area contributed by atoms with Crippen LogP contribution in [0.15, 0.2) is 48.5 Å². The van der Waals surface area contributed by atoms with Crippen LogP contribution in [0, 0.1) is 0 Å². The first-order valence-corrected chi connectivity index (χ1v) is 11.5.